The van der Waals surface area contributed by atoms with Gasteiger partial charge in [-0.15, -0.1) is 0 Å². The van der Waals surface area contributed by atoms with E-state index >= 15 is 0 Å². The first-order chi connectivity index (χ1) is 12.6. The van der Waals surface area contributed by atoms with Crippen molar-refractivity contribution in [1.29, 1.82) is 5.26 Å². The third-order valence-corrected chi connectivity index (χ3v) is 4.37. The summed E-state index contributed by atoms with van der Waals surface area (Å²) < 4.78 is 38.6. The van der Waals surface area contributed by atoms with E-state index in [1.165, 1.54) is 6.07 Å². The Morgan fingerprint density at radius 1 is 1.11 bits per heavy atom. The average Bonchev–Trinajstić information content (AvgIpc) is 2.59. The highest BCUT2D eigenvalue weighted by molar-refractivity contribution is 6.43. The van der Waals surface area contributed by atoms with Gasteiger partial charge in [-0.25, -0.2) is 0 Å². The van der Waals surface area contributed by atoms with Gasteiger partial charge in [0.05, 0.1) is 26.3 Å². The minimum Gasteiger partial charge on any atom is -0.359 e. The van der Waals surface area contributed by atoms with Gasteiger partial charge < -0.3 is 10.6 Å². The van der Waals surface area contributed by atoms with E-state index in [1.807, 2.05) is 0 Å². The van der Waals surface area contributed by atoms with Gasteiger partial charge in [0.25, 0.3) is 5.91 Å². The lowest BCUT2D eigenvalue weighted by Gasteiger charge is -2.11. The first kappa shape index (κ1) is 20.9. The minimum absolute atomic E-state index is 0.168. The molecule has 2 rings (SSSR count). The van der Waals surface area contributed by atoms with E-state index < -0.39 is 28.2 Å². The number of halogens is 6. The molecule has 0 radical (unpaired) electrons. The highest BCUT2D eigenvalue weighted by Crippen LogP contribution is 2.36. The highest BCUT2D eigenvalue weighted by Gasteiger charge is 2.33. The third kappa shape index (κ3) is 5.30. The van der Waals surface area contributed by atoms with Gasteiger partial charge in [0, 0.05) is 11.9 Å². The summed E-state index contributed by atoms with van der Waals surface area (Å²) in [5, 5.41) is 13.9. The standard InChI is InChI=1S/C17H9Cl3F3N3O/c18-12-5-4-10(6-11(12)17(21,22)23)26-16(27)9(7-24)8-25-14-3-1-2-13(19)15(14)20/h1-6,8,25H,(H,26,27)/b9-8-. The number of benzene rings is 2. The van der Waals surface area contributed by atoms with Crippen molar-refractivity contribution in [1.82, 2.24) is 0 Å². The summed E-state index contributed by atoms with van der Waals surface area (Å²) in [4.78, 5) is 12.1. The smallest absolute Gasteiger partial charge is 0.359 e. The van der Waals surface area contributed by atoms with Gasteiger partial charge in [0.2, 0.25) is 0 Å². The maximum atomic E-state index is 12.9. The Kier molecular flexibility index (Phi) is 6.60. The molecular weight excluding hydrogens is 426 g/mol. The molecule has 0 aromatic heterocycles. The largest absolute Gasteiger partial charge is 0.417 e. The summed E-state index contributed by atoms with van der Waals surface area (Å²) in [5.41, 5.74) is -1.32. The van der Waals surface area contributed by atoms with E-state index in [0.717, 1.165) is 12.3 Å². The number of carbonyl (C=O) groups is 1. The molecule has 2 N–H and O–H groups in total. The molecule has 140 valence electrons. The normalized spacial score (nSPS) is 11.7. The van der Waals surface area contributed by atoms with Crippen LogP contribution in [0.3, 0.4) is 0 Å². The molecule has 0 bridgehead atoms. The summed E-state index contributed by atoms with van der Waals surface area (Å²) >= 11 is 17.4. The van der Waals surface area contributed by atoms with Gasteiger partial charge in [0.15, 0.2) is 0 Å². The van der Waals surface area contributed by atoms with Crippen LogP contribution in [0.25, 0.3) is 0 Å². The second kappa shape index (κ2) is 8.53. The minimum atomic E-state index is -4.68. The van der Waals surface area contributed by atoms with Gasteiger partial charge in [-0.1, -0.05) is 40.9 Å². The van der Waals surface area contributed by atoms with Crippen LogP contribution in [0.2, 0.25) is 15.1 Å². The fraction of sp³-hybridized carbons (Fsp3) is 0.0588. The Labute approximate surface area is 167 Å². The fourth-order valence-corrected chi connectivity index (χ4v) is 2.51. The van der Waals surface area contributed by atoms with Crippen molar-refractivity contribution in [2.24, 2.45) is 0 Å². The average molecular weight is 435 g/mol. The van der Waals surface area contributed by atoms with Crippen LogP contribution < -0.4 is 10.6 Å². The molecule has 27 heavy (non-hydrogen) atoms. The molecule has 0 spiro atoms. The van der Waals surface area contributed by atoms with Crippen LogP contribution in [-0.4, -0.2) is 5.91 Å². The van der Waals surface area contributed by atoms with Crippen LogP contribution in [-0.2, 0) is 11.0 Å². The molecule has 2 aromatic rings. The van der Waals surface area contributed by atoms with Crippen LogP contribution in [0.5, 0.6) is 0 Å². The van der Waals surface area contributed by atoms with Crippen molar-refractivity contribution in [3.8, 4) is 6.07 Å². The zero-order valence-corrected chi connectivity index (χ0v) is 15.4. The lowest BCUT2D eigenvalue weighted by atomic mass is 10.2. The highest BCUT2D eigenvalue weighted by atomic mass is 35.5. The number of amides is 1. The molecule has 0 fully saturated rings. The molecule has 0 saturated carbocycles. The van der Waals surface area contributed by atoms with Crippen molar-refractivity contribution in [3.05, 3.63) is 68.8 Å². The Morgan fingerprint density at radius 3 is 2.44 bits per heavy atom. The van der Waals surface area contributed by atoms with Crippen molar-refractivity contribution in [3.63, 3.8) is 0 Å². The van der Waals surface area contributed by atoms with Crippen molar-refractivity contribution < 1.29 is 18.0 Å². The molecule has 0 aliphatic heterocycles. The lowest BCUT2D eigenvalue weighted by molar-refractivity contribution is -0.137. The number of nitrogens with one attached hydrogen (secondary N) is 2. The quantitative estimate of drug-likeness (QED) is 0.450. The van der Waals surface area contributed by atoms with Crippen LogP contribution in [0.1, 0.15) is 5.56 Å². The van der Waals surface area contributed by atoms with E-state index in [1.54, 1.807) is 24.3 Å². The van der Waals surface area contributed by atoms with Crippen LogP contribution >= 0.6 is 34.8 Å². The summed E-state index contributed by atoms with van der Waals surface area (Å²) in [6, 6.07) is 9.22. The lowest BCUT2D eigenvalue weighted by Crippen LogP contribution is -2.15. The Hall–Kier alpha value is -2.40. The predicted molar refractivity (Wildman–Crippen MR) is 98.9 cm³/mol. The van der Waals surface area contributed by atoms with E-state index in [0.29, 0.717) is 11.8 Å². The van der Waals surface area contributed by atoms with Crippen LogP contribution in [0, 0.1) is 11.3 Å². The maximum Gasteiger partial charge on any atom is 0.417 e. The van der Waals surface area contributed by atoms with E-state index in [9.17, 15) is 18.0 Å². The van der Waals surface area contributed by atoms with Gasteiger partial charge in [-0.2, -0.15) is 18.4 Å². The van der Waals surface area contributed by atoms with Crippen LogP contribution in [0.4, 0.5) is 24.5 Å². The molecule has 0 unspecified atom stereocenters. The van der Waals surface area contributed by atoms with Gasteiger partial charge in [0.1, 0.15) is 11.6 Å². The SMILES string of the molecule is N#C/C(=C/Nc1cccc(Cl)c1Cl)C(=O)Nc1ccc(Cl)c(C(F)(F)F)c1. The summed E-state index contributed by atoms with van der Waals surface area (Å²) in [6.45, 7) is 0. The molecule has 2 aromatic carbocycles. The molecule has 0 aliphatic carbocycles. The van der Waals surface area contributed by atoms with Crippen molar-refractivity contribution in [2.75, 3.05) is 10.6 Å². The Morgan fingerprint density at radius 2 is 1.81 bits per heavy atom. The number of hydrogen-bond donors (Lipinski definition) is 2. The number of anilines is 2. The third-order valence-electron chi connectivity index (χ3n) is 3.22. The molecule has 1 amide bonds. The molecule has 10 heteroatoms. The molecule has 0 saturated heterocycles. The summed E-state index contributed by atoms with van der Waals surface area (Å²) in [6.07, 6.45) is -3.62. The topological polar surface area (TPSA) is 64.9 Å². The fourth-order valence-electron chi connectivity index (χ4n) is 1.93. The molecule has 0 atom stereocenters. The summed E-state index contributed by atoms with van der Waals surface area (Å²) in [5.74, 6) is -0.918. The van der Waals surface area contributed by atoms with E-state index in [2.05, 4.69) is 10.6 Å². The molecule has 0 heterocycles. The van der Waals surface area contributed by atoms with E-state index in [-0.39, 0.29) is 15.7 Å². The number of nitrogens with zero attached hydrogens (tertiary/aromatic N) is 1. The molecule has 0 aliphatic rings. The first-order valence-electron chi connectivity index (χ1n) is 7.12. The van der Waals surface area contributed by atoms with Gasteiger partial charge >= 0.3 is 6.18 Å². The number of hydrogen-bond acceptors (Lipinski definition) is 3. The van der Waals surface area contributed by atoms with Gasteiger partial charge in [-0.05, 0) is 30.3 Å². The predicted octanol–water partition coefficient (Wildman–Crippen LogP) is 6.12. The van der Waals surface area contributed by atoms with Crippen molar-refractivity contribution >= 4 is 52.1 Å². The zero-order chi connectivity index (χ0) is 20.2. The van der Waals surface area contributed by atoms with Gasteiger partial charge in [-0.3, -0.25) is 4.79 Å². The monoisotopic (exact) mass is 433 g/mol. The summed E-state index contributed by atoms with van der Waals surface area (Å²) in [7, 11) is 0. The number of nitriles is 1. The second-order valence-corrected chi connectivity index (χ2v) is 6.25. The Balaban J connectivity index is 2.21. The molecule has 4 nitrogen and oxygen atoms in total. The zero-order valence-electron chi connectivity index (χ0n) is 13.2. The number of rotatable bonds is 4. The second-order valence-electron chi connectivity index (χ2n) is 5.06. The number of alkyl halides is 3. The van der Waals surface area contributed by atoms with Crippen molar-refractivity contribution in [2.45, 2.75) is 6.18 Å². The first-order valence-corrected chi connectivity index (χ1v) is 8.25. The number of carbonyl (C=O) groups excluding carboxylic acids is 1. The Bertz CT molecular complexity index is 953. The molecular formula is C17H9Cl3F3N3O. The maximum absolute atomic E-state index is 12.9. The van der Waals surface area contributed by atoms with Crippen LogP contribution in [0.15, 0.2) is 48.2 Å². The van der Waals surface area contributed by atoms with E-state index in [4.69, 9.17) is 40.1 Å².